The first kappa shape index (κ1) is 11.7. The molecule has 0 aromatic carbocycles. The van der Waals surface area contributed by atoms with Crippen LogP contribution in [0.15, 0.2) is 17.3 Å². The summed E-state index contributed by atoms with van der Waals surface area (Å²) >= 11 is 0. The van der Waals surface area contributed by atoms with Gasteiger partial charge in [0.2, 0.25) is 0 Å². The molecule has 1 unspecified atom stereocenters. The van der Waals surface area contributed by atoms with Crippen LogP contribution in [0.4, 0.5) is 0 Å². The Kier molecular flexibility index (Phi) is 3.21. The Morgan fingerprint density at radius 3 is 3.06 bits per heavy atom. The third-order valence-electron chi connectivity index (χ3n) is 2.53. The summed E-state index contributed by atoms with van der Waals surface area (Å²) in [4.78, 5) is 16.2. The maximum absolute atomic E-state index is 12.1. The third kappa shape index (κ3) is 2.20. The molecule has 0 aliphatic carbocycles. The summed E-state index contributed by atoms with van der Waals surface area (Å²) in [5, 5.41) is 4.50. The van der Waals surface area contributed by atoms with Crippen LogP contribution in [-0.2, 0) is 18.3 Å². The minimum atomic E-state index is -0.228. The largest absolute Gasteiger partial charge is 0.383 e. The van der Waals surface area contributed by atoms with Crippen molar-refractivity contribution in [3.05, 3.63) is 22.9 Å². The van der Waals surface area contributed by atoms with Crippen LogP contribution in [-0.4, -0.2) is 39.1 Å². The van der Waals surface area contributed by atoms with Gasteiger partial charge >= 0.3 is 0 Å². The van der Waals surface area contributed by atoms with Crippen LogP contribution in [0.25, 0.3) is 11.0 Å². The zero-order valence-electron chi connectivity index (χ0n) is 9.83. The van der Waals surface area contributed by atoms with Crippen molar-refractivity contribution in [2.75, 3.05) is 13.7 Å². The summed E-state index contributed by atoms with van der Waals surface area (Å²) in [6.07, 6.45) is 3.00. The molecule has 2 aromatic rings. The molecule has 0 saturated carbocycles. The van der Waals surface area contributed by atoms with Crippen LogP contribution in [0, 0.1) is 0 Å². The number of ether oxygens (including phenoxy) is 1. The Hall–Kier alpha value is -1.73. The van der Waals surface area contributed by atoms with Gasteiger partial charge in [0, 0.05) is 26.7 Å². The molecule has 7 nitrogen and oxygen atoms in total. The highest BCUT2D eigenvalue weighted by Gasteiger charge is 2.10. The Balaban J connectivity index is 2.36. The van der Waals surface area contributed by atoms with Crippen molar-refractivity contribution in [3.63, 3.8) is 0 Å². The lowest BCUT2D eigenvalue weighted by molar-refractivity contribution is 0.173. The van der Waals surface area contributed by atoms with Crippen LogP contribution in [0.1, 0.15) is 0 Å². The van der Waals surface area contributed by atoms with E-state index in [4.69, 9.17) is 10.5 Å². The number of hydrogen-bond acceptors (Lipinski definition) is 5. The number of aromatic nitrogens is 4. The molecular weight excluding hydrogens is 222 g/mol. The molecule has 7 heteroatoms. The van der Waals surface area contributed by atoms with Crippen molar-refractivity contribution >= 4 is 11.0 Å². The molecule has 0 spiro atoms. The van der Waals surface area contributed by atoms with Crippen LogP contribution >= 0.6 is 0 Å². The number of rotatable bonds is 4. The highest BCUT2D eigenvalue weighted by molar-refractivity contribution is 5.72. The molecule has 0 aliphatic heterocycles. The lowest BCUT2D eigenvalue weighted by Gasteiger charge is -2.11. The highest BCUT2D eigenvalue weighted by atomic mass is 16.5. The topological polar surface area (TPSA) is 88.0 Å². The van der Waals surface area contributed by atoms with Crippen LogP contribution < -0.4 is 11.3 Å². The van der Waals surface area contributed by atoms with Crippen molar-refractivity contribution in [1.82, 2.24) is 19.3 Å². The minimum absolute atomic E-state index is 0.130. The van der Waals surface area contributed by atoms with E-state index in [1.165, 1.54) is 17.1 Å². The van der Waals surface area contributed by atoms with E-state index in [-0.39, 0.29) is 11.6 Å². The lowest BCUT2D eigenvalue weighted by atomic mass is 10.3. The SMILES string of the molecule is COCC(N)Cn1cnc2c(cnn2C)c1=O. The fraction of sp³-hybridized carbons (Fsp3) is 0.500. The van der Waals surface area contributed by atoms with Gasteiger partial charge in [0.25, 0.3) is 5.56 Å². The molecule has 0 aliphatic rings. The monoisotopic (exact) mass is 237 g/mol. The molecule has 0 fully saturated rings. The predicted molar refractivity (Wildman–Crippen MR) is 62.6 cm³/mol. The average molecular weight is 237 g/mol. The average Bonchev–Trinajstić information content (AvgIpc) is 2.66. The first-order valence-electron chi connectivity index (χ1n) is 5.25. The second kappa shape index (κ2) is 4.64. The van der Waals surface area contributed by atoms with Gasteiger partial charge < -0.3 is 10.5 Å². The zero-order valence-corrected chi connectivity index (χ0v) is 9.83. The quantitative estimate of drug-likeness (QED) is 0.744. The van der Waals surface area contributed by atoms with Crippen molar-refractivity contribution in [2.24, 2.45) is 12.8 Å². The van der Waals surface area contributed by atoms with Gasteiger partial charge in [-0.1, -0.05) is 0 Å². The molecule has 2 aromatic heterocycles. The van der Waals surface area contributed by atoms with Crippen molar-refractivity contribution < 1.29 is 4.74 Å². The van der Waals surface area contributed by atoms with Gasteiger partial charge in [0.1, 0.15) is 11.7 Å². The van der Waals surface area contributed by atoms with E-state index in [9.17, 15) is 4.79 Å². The van der Waals surface area contributed by atoms with Gasteiger partial charge in [-0.25, -0.2) is 4.98 Å². The van der Waals surface area contributed by atoms with E-state index in [1.54, 1.807) is 18.8 Å². The summed E-state index contributed by atoms with van der Waals surface area (Å²) < 4.78 is 7.98. The first-order valence-corrected chi connectivity index (χ1v) is 5.25. The summed E-state index contributed by atoms with van der Waals surface area (Å²) in [6.45, 7) is 0.780. The maximum atomic E-state index is 12.1. The fourth-order valence-electron chi connectivity index (χ4n) is 1.72. The van der Waals surface area contributed by atoms with Crippen LogP contribution in [0.3, 0.4) is 0 Å². The molecule has 0 radical (unpaired) electrons. The van der Waals surface area contributed by atoms with Crippen molar-refractivity contribution in [3.8, 4) is 0 Å². The summed E-state index contributed by atoms with van der Waals surface area (Å²) in [5.41, 5.74) is 6.25. The standard InChI is InChI=1S/C10H15N5O2/c1-14-9-8(3-13-14)10(16)15(6-12-9)4-7(11)5-17-2/h3,6-7H,4-5,11H2,1-2H3. The van der Waals surface area contributed by atoms with E-state index >= 15 is 0 Å². The smallest absolute Gasteiger partial charge is 0.264 e. The Morgan fingerprint density at radius 1 is 1.59 bits per heavy atom. The van der Waals surface area contributed by atoms with E-state index in [0.29, 0.717) is 24.2 Å². The highest BCUT2D eigenvalue weighted by Crippen LogP contribution is 2.03. The molecule has 0 saturated heterocycles. The molecule has 2 N–H and O–H groups in total. The third-order valence-corrected chi connectivity index (χ3v) is 2.53. The first-order chi connectivity index (χ1) is 8.13. The van der Waals surface area contributed by atoms with E-state index in [0.717, 1.165) is 0 Å². The van der Waals surface area contributed by atoms with Gasteiger partial charge in [-0.2, -0.15) is 5.10 Å². The zero-order chi connectivity index (χ0) is 12.4. The lowest BCUT2D eigenvalue weighted by Crippen LogP contribution is -2.35. The molecule has 17 heavy (non-hydrogen) atoms. The minimum Gasteiger partial charge on any atom is -0.383 e. The Morgan fingerprint density at radius 2 is 2.35 bits per heavy atom. The number of nitrogens with zero attached hydrogens (tertiary/aromatic N) is 4. The number of hydrogen-bond donors (Lipinski definition) is 1. The molecule has 92 valence electrons. The summed E-state index contributed by atoms with van der Waals surface area (Å²) in [7, 11) is 3.32. The molecule has 1 atom stereocenters. The Bertz CT molecular complexity index is 574. The maximum Gasteiger partial charge on any atom is 0.264 e. The number of methoxy groups -OCH3 is 1. The van der Waals surface area contributed by atoms with Gasteiger partial charge in [-0.3, -0.25) is 14.0 Å². The normalized spacial score (nSPS) is 13.1. The molecule has 0 amide bonds. The predicted octanol–water partition coefficient (Wildman–Crippen LogP) is -0.896. The van der Waals surface area contributed by atoms with Crippen LogP contribution in [0.5, 0.6) is 0 Å². The van der Waals surface area contributed by atoms with Gasteiger partial charge in [-0.05, 0) is 0 Å². The molecule has 2 rings (SSSR count). The second-order valence-electron chi connectivity index (χ2n) is 3.92. The van der Waals surface area contributed by atoms with Crippen molar-refractivity contribution in [2.45, 2.75) is 12.6 Å². The van der Waals surface area contributed by atoms with E-state index in [2.05, 4.69) is 10.1 Å². The van der Waals surface area contributed by atoms with Crippen molar-refractivity contribution in [1.29, 1.82) is 0 Å². The Labute approximate surface area is 97.8 Å². The summed E-state index contributed by atoms with van der Waals surface area (Å²) in [5.74, 6) is 0. The fourth-order valence-corrected chi connectivity index (χ4v) is 1.72. The molecule has 0 bridgehead atoms. The van der Waals surface area contributed by atoms with Gasteiger partial charge in [-0.15, -0.1) is 0 Å². The van der Waals surface area contributed by atoms with Gasteiger partial charge in [0.15, 0.2) is 5.65 Å². The van der Waals surface area contributed by atoms with Crippen LogP contribution in [0.2, 0.25) is 0 Å². The number of aryl methyl sites for hydroxylation is 1. The molecular formula is C10H15N5O2. The summed E-state index contributed by atoms with van der Waals surface area (Å²) in [6, 6.07) is -0.228. The van der Waals surface area contributed by atoms with E-state index < -0.39 is 0 Å². The number of fused-ring (bicyclic) bond motifs is 1. The van der Waals surface area contributed by atoms with Gasteiger partial charge in [0.05, 0.1) is 12.8 Å². The molecule has 2 heterocycles. The second-order valence-corrected chi connectivity index (χ2v) is 3.92. The van der Waals surface area contributed by atoms with E-state index in [1.807, 2.05) is 0 Å². The number of nitrogens with two attached hydrogens (primary N) is 1.